The Labute approximate surface area is 170 Å². The summed E-state index contributed by atoms with van der Waals surface area (Å²) in [5.74, 6) is 0.834. The molecule has 1 aliphatic heterocycles. The molecule has 3 rings (SSSR count). The van der Waals surface area contributed by atoms with E-state index in [0.717, 1.165) is 22.4 Å². The van der Waals surface area contributed by atoms with E-state index in [4.69, 9.17) is 25.8 Å². The average Bonchev–Trinajstić information content (AvgIpc) is 2.69. The molecule has 1 saturated heterocycles. The largest absolute Gasteiger partial charge is 0.494 e. The van der Waals surface area contributed by atoms with Crippen molar-refractivity contribution in [3.63, 3.8) is 0 Å². The van der Waals surface area contributed by atoms with Gasteiger partial charge in [0.2, 0.25) is 0 Å². The van der Waals surface area contributed by atoms with E-state index in [0.29, 0.717) is 18.1 Å². The number of methoxy groups -OCH3 is 1. The lowest BCUT2D eigenvalue weighted by molar-refractivity contribution is -0.226. The second-order valence-corrected chi connectivity index (χ2v) is 7.46. The van der Waals surface area contributed by atoms with Crippen molar-refractivity contribution in [1.29, 1.82) is 0 Å². The predicted octanol–water partition coefficient (Wildman–Crippen LogP) is 3.53. The van der Waals surface area contributed by atoms with E-state index in [9.17, 15) is 10.2 Å². The minimum atomic E-state index is -1.08. The molecule has 0 bridgehead atoms. The van der Waals surface area contributed by atoms with Gasteiger partial charge in [0, 0.05) is 12.1 Å². The number of ether oxygens (including phenoxy) is 3. The molecule has 5 unspecified atom stereocenters. The number of aliphatic hydroxyl groups excluding tert-OH is 2. The third kappa shape index (κ3) is 4.50. The molecule has 5 atom stereocenters. The van der Waals surface area contributed by atoms with Crippen LogP contribution in [0, 0.1) is 0 Å². The fourth-order valence-electron chi connectivity index (χ4n) is 3.64. The highest BCUT2D eigenvalue weighted by molar-refractivity contribution is 6.31. The molecule has 5 nitrogen and oxygen atoms in total. The summed E-state index contributed by atoms with van der Waals surface area (Å²) in [5.41, 5.74) is 2.80. The Morgan fingerprint density at radius 1 is 1.07 bits per heavy atom. The van der Waals surface area contributed by atoms with Gasteiger partial charge in [-0.3, -0.25) is 0 Å². The zero-order valence-corrected chi connectivity index (χ0v) is 17.1. The summed E-state index contributed by atoms with van der Waals surface area (Å²) in [6, 6.07) is 13.4. The number of halogens is 1. The van der Waals surface area contributed by atoms with Gasteiger partial charge < -0.3 is 24.4 Å². The van der Waals surface area contributed by atoms with E-state index >= 15 is 0 Å². The minimum absolute atomic E-state index is 0.348. The minimum Gasteiger partial charge on any atom is -0.494 e. The molecule has 0 spiro atoms. The molecule has 0 amide bonds. The van der Waals surface area contributed by atoms with Crippen LogP contribution < -0.4 is 4.74 Å². The van der Waals surface area contributed by atoms with Crippen LogP contribution in [0.3, 0.4) is 0 Å². The maximum atomic E-state index is 10.5. The van der Waals surface area contributed by atoms with E-state index in [1.807, 2.05) is 50.2 Å². The van der Waals surface area contributed by atoms with Gasteiger partial charge >= 0.3 is 0 Å². The third-order valence-electron chi connectivity index (χ3n) is 5.12. The van der Waals surface area contributed by atoms with Gasteiger partial charge in [-0.25, -0.2) is 0 Å². The van der Waals surface area contributed by atoms with Crippen LogP contribution in [0.1, 0.15) is 36.6 Å². The molecule has 6 heteroatoms. The molecule has 0 radical (unpaired) electrons. The van der Waals surface area contributed by atoms with Crippen molar-refractivity contribution < 1.29 is 24.4 Å². The SMILES string of the molecule is CCOc1ccc(Cc2cc(C3OC(C)C(OC)C(O)C3O)ccc2Cl)cc1. The summed E-state index contributed by atoms with van der Waals surface area (Å²) in [7, 11) is 1.50. The van der Waals surface area contributed by atoms with Crippen LogP contribution in [0.5, 0.6) is 5.75 Å². The van der Waals surface area contributed by atoms with Gasteiger partial charge in [0.15, 0.2) is 0 Å². The first kappa shape index (κ1) is 21.1. The molecule has 0 aliphatic carbocycles. The highest BCUT2D eigenvalue weighted by Crippen LogP contribution is 2.35. The Morgan fingerprint density at radius 3 is 2.43 bits per heavy atom. The molecule has 152 valence electrons. The molecule has 2 N–H and O–H groups in total. The Bertz CT molecular complexity index is 779. The normalized spacial score (nSPS) is 27.6. The van der Waals surface area contributed by atoms with Crippen LogP contribution in [0.2, 0.25) is 5.02 Å². The van der Waals surface area contributed by atoms with Crippen molar-refractivity contribution in [3.8, 4) is 5.75 Å². The fourth-order valence-corrected chi connectivity index (χ4v) is 3.83. The molecular weight excluding hydrogens is 380 g/mol. The van der Waals surface area contributed by atoms with Crippen LogP contribution >= 0.6 is 11.6 Å². The van der Waals surface area contributed by atoms with E-state index in [2.05, 4.69) is 0 Å². The lowest BCUT2D eigenvalue weighted by Gasteiger charge is -2.41. The quantitative estimate of drug-likeness (QED) is 0.768. The summed E-state index contributed by atoms with van der Waals surface area (Å²) in [4.78, 5) is 0. The van der Waals surface area contributed by atoms with Crippen LogP contribution in [0.25, 0.3) is 0 Å². The first-order valence-electron chi connectivity index (χ1n) is 9.49. The highest BCUT2D eigenvalue weighted by atomic mass is 35.5. The van der Waals surface area contributed by atoms with Crippen LogP contribution in [0.4, 0.5) is 0 Å². The van der Waals surface area contributed by atoms with Crippen molar-refractivity contribution in [2.75, 3.05) is 13.7 Å². The number of hydrogen-bond donors (Lipinski definition) is 2. The predicted molar refractivity (Wildman–Crippen MR) is 108 cm³/mol. The Balaban J connectivity index is 1.81. The van der Waals surface area contributed by atoms with Crippen LogP contribution in [-0.4, -0.2) is 48.3 Å². The number of rotatable bonds is 6. The van der Waals surface area contributed by atoms with Gasteiger partial charge in [0.1, 0.15) is 30.2 Å². The van der Waals surface area contributed by atoms with Crippen LogP contribution in [-0.2, 0) is 15.9 Å². The van der Waals surface area contributed by atoms with E-state index in [-0.39, 0.29) is 6.10 Å². The smallest absolute Gasteiger partial charge is 0.119 e. The summed E-state index contributed by atoms with van der Waals surface area (Å²) in [6.45, 7) is 4.41. The zero-order valence-electron chi connectivity index (χ0n) is 16.3. The van der Waals surface area contributed by atoms with Gasteiger partial charge in [0.25, 0.3) is 0 Å². The van der Waals surface area contributed by atoms with Crippen molar-refractivity contribution in [2.24, 2.45) is 0 Å². The molecule has 1 aliphatic rings. The second-order valence-electron chi connectivity index (χ2n) is 7.05. The number of aliphatic hydroxyl groups is 2. The van der Waals surface area contributed by atoms with Crippen LogP contribution in [0.15, 0.2) is 42.5 Å². The maximum Gasteiger partial charge on any atom is 0.119 e. The topological polar surface area (TPSA) is 68.2 Å². The molecule has 0 saturated carbocycles. The Hall–Kier alpha value is -1.63. The third-order valence-corrected chi connectivity index (χ3v) is 5.49. The summed E-state index contributed by atoms with van der Waals surface area (Å²) < 4.78 is 16.7. The molecule has 1 fully saturated rings. The Kier molecular flexibility index (Phi) is 6.96. The zero-order chi connectivity index (χ0) is 20.3. The van der Waals surface area contributed by atoms with Gasteiger partial charge in [-0.15, -0.1) is 0 Å². The van der Waals surface area contributed by atoms with Crippen molar-refractivity contribution >= 4 is 11.6 Å². The molecule has 1 heterocycles. The summed E-state index contributed by atoms with van der Waals surface area (Å²) in [6.07, 6.45) is -3.03. The van der Waals surface area contributed by atoms with E-state index in [1.165, 1.54) is 7.11 Å². The molecule has 28 heavy (non-hydrogen) atoms. The summed E-state index contributed by atoms with van der Waals surface area (Å²) >= 11 is 6.41. The molecular formula is C22H27ClO5. The Morgan fingerprint density at radius 2 is 1.79 bits per heavy atom. The molecule has 2 aromatic carbocycles. The highest BCUT2D eigenvalue weighted by Gasteiger charge is 2.43. The molecule has 0 aromatic heterocycles. The lowest BCUT2D eigenvalue weighted by atomic mass is 9.90. The van der Waals surface area contributed by atoms with E-state index in [1.54, 1.807) is 6.07 Å². The van der Waals surface area contributed by atoms with Gasteiger partial charge in [-0.2, -0.15) is 0 Å². The summed E-state index contributed by atoms with van der Waals surface area (Å²) in [5, 5.41) is 21.6. The first-order chi connectivity index (χ1) is 13.4. The number of benzene rings is 2. The standard InChI is InChI=1S/C22H27ClO5/c1-4-27-17-8-5-14(6-9-17)11-16-12-15(7-10-18(16)23)22-20(25)19(24)21(26-3)13(2)28-22/h5-10,12-13,19-22,24-25H,4,11H2,1-3H3. The average molecular weight is 407 g/mol. The number of hydrogen-bond acceptors (Lipinski definition) is 5. The van der Waals surface area contributed by atoms with Gasteiger partial charge in [0.05, 0.1) is 12.7 Å². The van der Waals surface area contributed by atoms with Gasteiger partial charge in [-0.1, -0.05) is 35.9 Å². The first-order valence-corrected chi connectivity index (χ1v) is 9.86. The maximum absolute atomic E-state index is 10.5. The second kappa shape index (κ2) is 9.25. The monoisotopic (exact) mass is 406 g/mol. The molecule has 2 aromatic rings. The van der Waals surface area contributed by atoms with E-state index < -0.39 is 24.4 Å². The van der Waals surface area contributed by atoms with Crippen molar-refractivity contribution in [1.82, 2.24) is 0 Å². The van der Waals surface area contributed by atoms with Crippen molar-refractivity contribution in [3.05, 3.63) is 64.2 Å². The lowest BCUT2D eigenvalue weighted by Crippen LogP contribution is -2.53. The fraction of sp³-hybridized carbons (Fsp3) is 0.455. The van der Waals surface area contributed by atoms with Gasteiger partial charge in [-0.05, 0) is 55.2 Å². The van der Waals surface area contributed by atoms with Crippen molar-refractivity contribution in [2.45, 2.75) is 50.8 Å².